The lowest BCUT2D eigenvalue weighted by Gasteiger charge is -2.33. The number of hydrogen-bond acceptors (Lipinski definition) is 2. The first-order valence-electron chi connectivity index (χ1n) is 8.61. The molecule has 0 bridgehead atoms. The molecule has 0 unspecified atom stereocenters. The first-order valence-corrected chi connectivity index (χ1v) is 8.61. The van der Waals surface area contributed by atoms with E-state index in [4.69, 9.17) is 5.11 Å². The highest BCUT2D eigenvalue weighted by atomic mass is 19.4. The second kappa shape index (κ2) is 8.07. The van der Waals surface area contributed by atoms with Gasteiger partial charge in [-0.05, 0) is 44.4 Å². The van der Waals surface area contributed by atoms with Gasteiger partial charge in [-0.15, -0.1) is 0 Å². The molecule has 2 atom stereocenters. The number of urea groups is 1. The molecular weight excluding hydrogens is 325 g/mol. The zero-order chi connectivity index (χ0) is 17.7. The number of carboxylic acid groups (broad SMARTS) is 1. The molecule has 2 rings (SSSR count). The van der Waals surface area contributed by atoms with Crippen molar-refractivity contribution in [1.29, 1.82) is 0 Å². The average Bonchev–Trinajstić information content (AvgIpc) is 2.53. The number of carboxylic acids is 1. The summed E-state index contributed by atoms with van der Waals surface area (Å²) in [5.41, 5.74) is 0. The zero-order valence-electron chi connectivity index (χ0n) is 13.6. The van der Waals surface area contributed by atoms with Crippen LogP contribution in [0, 0.1) is 17.8 Å². The Labute approximate surface area is 139 Å². The van der Waals surface area contributed by atoms with Crippen molar-refractivity contribution in [2.24, 2.45) is 17.8 Å². The summed E-state index contributed by atoms with van der Waals surface area (Å²) >= 11 is 0. The Morgan fingerprint density at radius 1 is 1.00 bits per heavy atom. The Balaban J connectivity index is 1.74. The smallest absolute Gasteiger partial charge is 0.392 e. The Hall–Kier alpha value is -1.47. The first kappa shape index (κ1) is 18.9. The monoisotopic (exact) mass is 350 g/mol. The highest BCUT2D eigenvalue weighted by molar-refractivity contribution is 5.74. The standard InChI is InChI=1S/C16H25F3N2O3/c17-16(18,19)13-4-2-1-3-11(13)9-20-15(24)21-12-7-5-10(6-8-12)14(22)23/h10-13H,1-9H2,(H,22,23)(H2,20,21,24)/t10?,11-,12?,13-/m1/s1. The topological polar surface area (TPSA) is 78.4 Å². The number of hydrogen-bond donors (Lipinski definition) is 3. The minimum absolute atomic E-state index is 0.0283. The van der Waals surface area contributed by atoms with Gasteiger partial charge in [0.1, 0.15) is 0 Å². The van der Waals surface area contributed by atoms with Gasteiger partial charge in [-0.2, -0.15) is 13.2 Å². The molecule has 24 heavy (non-hydrogen) atoms. The molecule has 138 valence electrons. The minimum Gasteiger partial charge on any atom is -0.481 e. The van der Waals surface area contributed by atoms with E-state index >= 15 is 0 Å². The van der Waals surface area contributed by atoms with Gasteiger partial charge in [0, 0.05) is 12.6 Å². The molecule has 0 heterocycles. The van der Waals surface area contributed by atoms with E-state index in [0.29, 0.717) is 38.5 Å². The molecular formula is C16H25F3N2O3. The molecule has 2 saturated carbocycles. The summed E-state index contributed by atoms with van der Waals surface area (Å²) < 4.78 is 39.0. The van der Waals surface area contributed by atoms with Crippen LogP contribution in [0.5, 0.6) is 0 Å². The third kappa shape index (κ3) is 5.27. The van der Waals surface area contributed by atoms with Gasteiger partial charge in [0.2, 0.25) is 0 Å². The summed E-state index contributed by atoms with van der Waals surface area (Å²) in [7, 11) is 0. The summed E-state index contributed by atoms with van der Waals surface area (Å²) in [6.45, 7) is 0.0283. The van der Waals surface area contributed by atoms with Crippen LogP contribution >= 0.6 is 0 Å². The molecule has 0 aromatic heterocycles. The Bertz CT molecular complexity index is 448. The molecule has 0 aliphatic heterocycles. The van der Waals surface area contributed by atoms with E-state index in [1.807, 2.05) is 0 Å². The molecule has 0 spiro atoms. The molecule has 8 heteroatoms. The predicted molar refractivity (Wildman–Crippen MR) is 81.4 cm³/mol. The van der Waals surface area contributed by atoms with Crippen LogP contribution in [0.25, 0.3) is 0 Å². The van der Waals surface area contributed by atoms with Crippen LogP contribution in [0.2, 0.25) is 0 Å². The zero-order valence-corrected chi connectivity index (χ0v) is 13.6. The summed E-state index contributed by atoms with van der Waals surface area (Å²) in [6.07, 6.45) is -0.0567. The maximum Gasteiger partial charge on any atom is 0.392 e. The minimum atomic E-state index is -4.21. The number of carbonyl (C=O) groups is 2. The van der Waals surface area contributed by atoms with Crippen LogP contribution in [-0.2, 0) is 4.79 Å². The van der Waals surface area contributed by atoms with Crippen molar-refractivity contribution >= 4 is 12.0 Å². The fraction of sp³-hybridized carbons (Fsp3) is 0.875. The largest absolute Gasteiger partial charge is 0.481 e. The second-order valence-corrected chi connectivity index (χ2v) is 6.93. The third-order valence-corrected chi connectivity index (χ3v) is 5.27. The molecule has 2 fully saturated rings. The molecule has 2 amide bonds. The lowest BCUT2D eigenvalue weighted by atomic mass is 9.79. The first-order chi connectivity index (χ1) is 11.3. The number of alkyl halides is 3. The number of amides is 2. The van der Waals surface area contributed by atoms with E-state index in [9.17, 15) is 22.8 Å². The van der Waals surface area contributed by atoms with Crippen LogP contribution in [0.15, 0.2) is 0 Å². The number of halogens is 3. The van der Waals surface area contributed by atoms with Crippen molar-refractivity contribution in [2.45, 2.75) is 63.6 Å². The van der Waals surface area contributed by atoms with Gasteiger partial charge in [-0.1, -0.05) is 12.8 Å². The SMILES string of the molecule is O=C(NC[C@H]1CCCC[C@H]1C(F)(F)F)NC1CCC(C(=O)O)CC1. The molecule has 0 aromatic rings. The van der Waals surface area contributed by atoms with Crippen LogP contribution in [0.1, 0.15) is 51.4 Å². The molecule has 5 nitrogen and oxygen atoms in total. The summed E-state index contributed by atoms with van der Waals surface area (Å²) in [6, 6.07) is -0.564. The maximum absolute atomic E-state index is 13.0. The molecule has 2 aliphatic rings. The molecule has 0 aromatic carbocycles. The number of aliphatic carboxylic acids is 1. The van der Waals surface area contributed by atoms with Crippen LogP contribution in [0.4, 0.5) is 18.0 Å². The third-order valence-electron chi connectivity index (χ3n) is 5.27. The molecule has 0 saturated heterocycles. The lowest BCUT2D eigenvalue weighted by molar-refractivity contribution is -0.195. The summed E-state index contributed by atoms with van der Waals surface area (Å²) in [4.78, 5) is 22.8. The van der Waals surface area contributed by atoms with Gasteiger partial charge in [-0.3, -0.25) is 4.79 Å². The van der Waals surface area contributed by atoms with E-state index in [2.05, 4.69) is 10.6 Å². The van der Waals surface area contributed by atoms with E-state index < -0.39 is 30.0 Å². The predicted octanol–water partition coefficient (Wildman–Crippen LogP) is 3.30. The van der Waals surface area contributed by atoms with Gasteiger partial charge in [0.05, 0.1) is 11.8 Å². The number of rotatable bonds is 4. The van der Waals surface area contributed by atoms with Gasteiger partial charge < -0.3 is 15.7 Å². The van der Waals surface area contributed by atoms with Crippen molar-refractivity contribution in [3.63, 3.8) is 0 Å². The van der Waals surface area contributed by atoms with Gasteiger partial charge >= 0.3 is 18.2 Å². The number of nitrogens with one attached hydrogen (secondary N) is 2. The summed E-state index contributed by atoms with van der Waals surface area (Å²) in [5, 5.41) is 14.3. The van der Waals surface area contributed by atoms with E-state index in [1.54, 1.807) is 0 Å². The van der Waals surface area contributed by atoms with Crippen LogP contribution in [0.3, 0.4) is 0 Å². The van der Waals surface area contributed by atoms with E-state index in [-0.39, 0.29) is 24.9 Å². The quantitative estimate of drug-likeness (QED) is 0.728. The van der Waals surface area contributed by atoms with Crippen LogP contribution in [-0.4, -0.2) is 35.9 Å². The highest BCUT2D eigenvalue weighted by Gasteiger charge is 2.45. The Kier molecular flexibility index (Phi) is 6.34. The molecule has 2 aliphatic carbocycles. The fourth-order valence-electron chi connectivity index (χ4n) is 3.83. The average molecular weight is 350 g/mol. The Morgan fingerprint density at radius 3 is 2.21 bits per heavy atom. The normalized spacial score (nSPS) is 31.3. The van der Waals surface area contributed by atoms with Crippen molar-refractivity contribution < 1.29 is 27.9 Å². The van der Waals surface area contributed by atoms with Crippen LogP contribution < -0.4 is 10.6 Å². The lowest BCUT2D eigenvalue weighted by Crippen LogP contribution is -2.47. The maximum atomic E-state index is 13.0. The highest BCUT2D eigenvalue weighted by Crippen LogP contribution is 2.41. The number of carbonyl (C=O) groups excluding carboxylic acids is 1. The van der Waals surface area contributed by atoms with E-state index in [0.717, 1.165) is 6.42 Å². The second-order valence-electron chi connectivity index (χ2n) is 6.93. The van der Waals surface area contributed by atoms with Crippen molar-refractivity contribution in [1.82, 2.24) is 10.6 Å². The molecule has 3 N–H and O–H groups in total. The van der Waals surface area contributed by atoms with Gasteiger partial charge in [0.25, 0.3) is 0 Å². The summed E-state index contributed by atoms with van der Waals surface area (Å²) in [5.74, 6) is -3.07. The van der Waals surface area contributed by atoms with Crippen molar-refractivity contribution in [3.8, 4) is 0 Å². The van der Waals surface area contributed by atoms with Crippen molar-refractivity contribution in [3.05, 3.63) is 0 Å². The van der Waals surface area contributed by atoms with Crippen molar-refractivity contribution in [2.75, 3.05) is 6.54 Å². The molecule has 0 radical (unpaired) electrons. The fourth-order valence-corrected chi connectivity index (χ4v) is 3.83. The Morgan fingerprint density at radius 2 is 1.62 bits per heavy atom. The van der Waals surface area contributed by atoms with E-state index in [1.165, 1.54) is 0 Å². The van der Waals surface area contributed by atoms with Gasteiger partial charge in [-0.25, -0.2) is 4.79 Å². The van der Waals surface area contributed by atoms with Gasteiger partial charge in [0.15, 0.2) is 0 Å².